The highest BCUT2D eigenvalue weighted by molar-refractivity contribution is 5.13. The normalized spacial score (nSPS) is 10.8. The van der Waals surface area contributed by atoms with E-state index in [0.29, 0.717) is 0 Å². The highest BCUT2D eigenvalue weighted by Crippen LogP contribution is 2.10. The van der Waals surface area contributed by atoms with Gasteiger partial charge in [0.1, 0.15) is 6.54 Å². The van der Waals surface area contributed by atoms with E-state index < -0.39 is 0 Å². The fourth-order valence-corrected chi connectivity index (χ4v) is 1.47. The minimum atomic E-state index is 0. The molecule has 2 heteroatoms. The summed E-state index contributed by atoms with van der Waals surface area (Å²) in [6, 6.07) is 10.7. The Balaban J connectivity index is 0.00000169. The van der Waals surface area contributed by atoms with E-state index in [-0.39, 0.29) is 5.48 Å². The standard InChI is InChI=1S/C12H20N.H2O/c1-4-13(3,5-2)11-12-9-7-6-8-10-12;/h6-10H,4-5,11H2,1-3H3;1H2/q+1;/p-1. The lowest BCUT2D eigenvalue weighted by Gasteiger charge is -2.32. The van der Waals surface area contributed by atoms with Crippen molar-refractivity contribution in [2.75, 3.05) is 20.1 Å². The third-order valence-electron chi connectivity index (χ3n) is 2.93. The van der Waals surface area contributed by atoms with Gasteiger partial charge in [0, 0.05) is 5.56 Å². The van der Waals surface area contributed by atoms with Gasteiger partial charge >= 0.3 is 0 Å². The lowest BCUT2D eigenvalue weighted by Crippen LogP contribution is -2.42. The summed E-state index contributed by atoms with van der Waals surface area (Å²) in [4.78, 5) is 0. The van der Waals surface area contributed by atoms with Gasteiger partial charge in [-0.15, -0.1) is 0 Å². The highest BCUT2D eigenvalue weighted by Gasteiger charge is 2.16. The molecule has 80 valence electrons. The van der Waals surface area contributed by atoms with E-state index in [4.69, 9.17) is 0 Å². The number of nitrogens with zero attached hydrogens (tertiary/aromatic N) is 1. The minimum absolute atomic E-state index is 0. The van der Waals surface area contributed by atoms with Gasteiger partial charge in [0.2, 0.25) is 0 Å². The smallest absolute Gasteiger partial charge is 0.104 e. The molecule has 2 nitrogen and oxygen atoms in total. The summed E-state index contributed by atoms with van der Waals surface area (Å²) in [5, 5.41) is 0. The summed E-state index contributed by atoms with van der Waals surface area (Å²) in [6.07, 6.45) is 0. The molecule has 0 saturated carbocycles. The van der Waals surface area contributed by atoms with Gasteiger partial charge < -0.3 is 9.96 Å². The zero-order chi connectivity index (χ0) is 9.73. The molecule has 0 aliphatic rings. The number of benzene rings is 1. The monoisotopic (exact) mass is 195 g/mol. The molecule has 0 saturated heterocycles. The number of rotatable bonds is 4. The average molecular weight is 195 g/mol. The molecule has 1 N–H and O–H groups in total. The largest absolute Gasteiger partial charge is 0.870 e. The van der Waals surface area contributed by atoms with E-state index in [1.807, 2.05) is 0 Å². The van der Waals surface area contributed by atoms with E-state index in [1.165, 1.54) is 18.7 Å². The van der Waals surface area contributed by atoms with Gasteiger partial charge in [0.25, 0.3) is 0 Å². The van der Waals surface area contributed by atoms with Crippen LogP contribution in [0.15, 0.2) is 30.3 Å². The molecule has 0 fully saturated rings. The van der Waals surface area contributed by atoms with Crippen LogP contribution >= 0.6 is 0 Å². The molecule has 0 aliphatic carbocycles. The number of hydrogen-bond donors (Lipinski definition) is 0. The fourth-order valence-electron chi connectivity index (χ4n) is 1.47. The van der Waals surface area contributed by atoms with Crippen LogP contribution in [0.3, 0.4) is 0 Å². The van der Waals surface area contributed by atoms with Crippen molar-refractivity contribution in [2.24, 2.45) is 0 Å². The topological polar surface area (TPSA) is 30.0 Å². The van der Waals surface area contributed by atoms with Crippen molar-refractivity contribution in [3.63, 3.8) is 0 Å². The molecular weight excluding hydrogens is 174 g/mol. The van der Waals surface area contributed by atoms with Gasteiger partial charge in [0.05, 0.1) is 20.1 Å². The fraction of sp³-hybridized carbons (Fsp3) is 0.500. The summed E-state index contributed by atoms with van der Waals surface area (Å²) in [5.74, 6) is 0. The molecule has 0 amide bonds. The molecule has 0 atom stereocenters. The second-order valence-electron chi connectivity index (χ2n) is 3.90. The van der Waals surface area contributed by atoms with Gasteiger partial charge in [-0.3, -0.25) is 0 Å². The Morgan fingerprint density at radius 3 is 1.93 bits per heavy atom. The summed E-state index contributed by atoms with van der Waals surface area (Å²) < 4.78 is 1.13. The first-order chi connectivity index (χ1) is 6.20. The van der Waals surface area contributed by atoms with Crippen LogP contribution in [-0.2, 0) is 6.54 Å². The quantitative estimate of drug-likeness (QED) is 0.679. The van der Waals surface area contributed by atoms with Gasteiger partial charge in [-0.25, -0.2) is 0 Å². The van der Waals surface area contributed by atoms with Crippen LogP contribution in [0.4, 0.5) is 0 Å². The molecular formula is C12H21NO. The Hall–Kier alpha value is -0.860. The van der Waals surface area contributed by atoms with Crippen molar-refractivity contribution >= 4 is 0 Å². The SMILES string of the molecule is CC[N+](C)(CC)Cc1ccccc1.[OH-]. The van der Waals surface area contributed by atoms with Crippen molar-refractivity contribution in [3.8, 4) is 0 Å². The maximum absolute atomic E-state index is 2.31. The molecule has 0 radical (unpaired) electrons. The van der Waals surface area contributed by atoms with Gasteiger partial charge in [-0.05, 0) is 13.8 Å². The van der Waals surface area contributed by atoms with Crippen LogP contribution in [0.25, 0.3) is 0 Å². The molecule has 0 spiro atoms. The second-order valence-corrected chi connectivity index (χ2v) is 3.90. The molecule has 0 aromatic heterocycles. The summed E-state index contributed by atoms with van der Waals surface area (Å²) in [5.41, 5.74) is 1.44. The molecule has 0 unspecified atom stereocenters. The molecule has 1 rings (SSSR count). The molecule has 14 heavy (non-hydrogen) atoms. The summed E-state index contributed by atoms with van der Waals surface area (Å²) in [6.45, 7) is 8.06. The molecule has 0 heterocycles. The van der Waals surface area contributed by atoms with Gasteiger partial charge in [-0.1, -0.05) is 30.3 Å². The van der Waals surface area contributed by atoms with E-state index in [9.17, 15) is 0 Å². The third-order valence-corrected chi connectivity index (χ3v) is 2.93. The molecule has 0 bridgehead atoms. The van der Waals surface area contributed by atoms with Crippen LogP contribution in [0.1, 0.15) is 19.4 Å². The first-order valence-electron chi connectivity index (χ1n) is 5.07. The van der Waals surface area contributed by atoms with Gasteiger partial charge in [0.15, 0.2) is 0 Å². The number of quaternary nitrogens is 1. The third kappa shape index (κ3) is 3.48. The Labute approximate surface area is 87.1 Å². The second kappa shape index (κ2) is 5.78. The Bertz CT molecular complexity index is 242. The lowest BCUT2D eigenvalue weighted by molar-refractivity contribution is -0.919. The maximum atomic E-state index is 2.31. The van der Waals surface area contributed by atoms with E-state index in [1.54, 1.807) is 0 Å². The number of hydrogen-bond acceptors (Lipinski definition) is 1. The van der Waals surface area contributed by atoms with Crippen LogP contribution < -0.4 is 0 Å². The predicted octanol–water partition coefficient (Wildman–Crippen LogP) is 2.50. The first kappa shape index (κ1) is 13.1. The predicted molar refractivity (Wildman–Crippen MR) is 59.3 cm³/mol. The first-order valence-corrected chi connectivity index (χ1v) is 5.07. The molecule has 1 aromatic rings. The highest BCUT2D eigenvalue weighted by atomic mass is 16.0. The van der Waals surface area contributed by atoms with Crippen molar-refractivity contribution in [1.82, 2.24) is 0 Å². The summed E-state index contributed by atoms with van der Waals surface area (Å²) >= 11 is 0. The van der Waals surface area contributed by atoms with Crippen molar-refractivity contribution in [1.29, 1.82) is 0 Å². The zero-order valence-corrected chi connectivity index (χ0v) is 9.40. The Kier molecular flexibility index (Phi) is 5.43. The summed E-state index contributed by atoms with van der Waals surface area (Å²) in [7, 11) is 2.31. The van der Waals surface area contributed by atoms with Crippen LogP contribution in [-0.4, -0.2) is 30.1 Å². The van der Waals surface area contributed by atoms with E-state index >= 15 is 0 Å². The van der Waals surface area contributed by atoms with Crippen molar-refractivity contribution in [3.05, 3.63) is 35.9 Å². The molecule has 0 aliphatic heterocycles. The van der Waals surface area contributed by atoms with Crippen molar-refractivity contribution in [2.45, 2.75) is 20.4 Å². The van der Waals surface area contributed by atoms with Crippen molar-refractivity contribution < 1.29 is 9.96 Å². The zero-order valence-electron chi connectivity index (χ0n) is 9.40. The lowest BCUT2D eigenvalue weighted by atomic mass is 10.2. The van der Waals surface area contributed by atoms with Crippen LogP contribution in [0.2, 0.25) is 0 Å². The van der Waals surface area contributed by atoms with E-state index in [0.717, 1.165) is 11.0 Å². The molecule has 1 aromatic carbocycles. The van der Waals surface area contributed by atoms with E-state index in [2.05, 4.69) is 51.2 Å². The minimum Gasteiger partial charge on any atom is -0.870 e. The average Bonchev–Trinajstić information content (AvgIpc) is 2.19. The Morgan fingerprint density at radius 1 is 1.00 bits per heavy atom. The maximum Gasteiger partial charge on any atom is 0.104 e. The van der Waals surface area contributed by atoms with Gasteiger partial charge in [-0.2, -0.15) is 0 Å². The Morgan fingerprint density at radius 2 is 1.50 bits per heavy atom. The van der Waals surface area contributed by atoms with Crippen LogP contribution in [0, 0.1) is 0 Å². The van der Waals surface area contributed by atoms with Crippen LogP contribution in [0.5, 0.6) is 0 Å².